The van der Waals surface area contributed by atoms with Gasteiger partial charge in [-0.1, -0.05) is 12.1 Å². The average molecular weight is 264 g/mol. The second-order valence-electron chi connectivity index (χ2n) is 5.44. The van der Waals surface area contributed by atoms with Crippen molar-refractivity contribution in [3.05, 3.63) is 35.6 Å². The molecule has 1 aromatic carbocycles. The summed E-state index contributed by atoms with van der Waals surface area (Å²) in [5, 5.41) is 0. The summed E-state index contributed by atoms with van der Waals surface area (Å²) >= 11 is 0. The topological polar surface area (TPSA) is 23.6 Å². The molecule has 1 aliphatic rings. The van der Waals surface area contributed by atoms with Crippen molar-refractivity contribution in [2.24, 2.45) is 5.92 Å². The van der Waals surface area contributed by atoms with Gasteiger partial charge in [-0.15, -0.1) is 0 Å². The Kier molecular flexibility index (Phi) is 4.53. The van der Waals surface area contributed by atoms with Crippen LogP contribution < -0.4 is 0 Å². The van der Waals surface area contributed by atoms with Crippen molar-refractivity contribution in [3.8, 4) is 0 Å². The summed E-state index contributed by atoms with van der Waals surface area (Å²) in [4.78, 5) is 15.9. The second-order valence-corrected chi connectivity index (χ2v) is 5.44. The lowest BCUT2D eigenvalue weighted by molar-refractivity contribution is -0.134. The molecule has 4 heteroatoms. The van der Waals surface area contributed by atoms with Crippen molar-refractivity contribution < 1.29 is 9.18 Å². The molecule has 1 saturated heterocycles. The highest BCUT2D eigenvalue weighted by Gasteiger charge is 2.26. The predicted molar refractivity (Wildman–Crippen MR) is 73.1 cm³/mol. The molecule has 2 rings (SSSR count). The van der Waals surface area contributed by atoms with Crippen LogP contribution in [-0.4, -0.2) is 42.9 Å². The van der Waals surface area contributed by atoms with E-state index in [1.165, 1.54) is 6.07 Å². The first-order valence-electron chi connectivity index (χ1n) is 6.74. The largest absolute Gasteiger partial charge is 0.349 e. The van der Waals surface area contributed by atoms with E-state index in [0.29, 0.717) is 0 Å². The molecule has 0 bridgehead atoms. The zero-order valence-corrected chi connectivity index (χ0v) is 11.6. The van der Waals surface area contributed by atoms with Crippen molar-refractivity contribution in [1.29, 1.82) is 0 Å². The lowest BCUT2D eigenvalue weighted by Crippen LogP contribution is -2.42. The highest BCUT2D eigenvalue weighted by Crippen LogP contribution is 2.20. The van der Waals surface area contributed by atoms with Gasteiger partial charge in [-0.25, -0.2) is 4.39 Å². The van der Waals surface area contributed by atoms with E-state index in [-0.39, 0.29) is 17.6 Å². The van der Waals surface area contributed by atoms with Crippen LogP contribution in [0.25, 0.3) is 0 Å². The Morgan fingerprint density at radius 2 is 2.26 bits per heavy atom. The summed E-state index contributed by atoms with van der Waals surface area (Å²) in [5.74, 6) is 0.0803. The molecule has 0 N–H and O–H groups in total. The Bertz CT molecular complexity index is 448. The maximum absolute atomic E-state index is 13.2. The number of rotatable bonds is 3. The summed E-state index contributed by atoms with van der Waals surface area (Å²) in [5.41, 5.74) is 0.970. The van der Waals surface area contributed by atoms with Gasteiger partial charge in [0, 0.05) is 27.2 Å². The molecule has 0 unspecified atom stereocenters. The molecule has 0 aromatic heterocycles. The first-order valence-corrected chi connectivity index (χ1v) is 6.74. The first-order chi connectivity index (χ1) is 9.06. The zero-order chi connectivity index (χ0) is 13.8. The minimum absolute atomic E-state index is 0.0808. The van der Waals surface area contributed by atoms with Gasteiger partial charge in [0.05, 0.1) is 5.92 Å². The molecule has 1 heterocycles. The van der Waals surface area contributed by atoms with Gasteiger partial charge in [-0.3, -0.25) is 9.69 Å². The third-order valence-corrected chi connectivity index (χ3v) is 3.59. The Balaban J connectivity index is 1.96. The minimum atomic E-state index is -0.199. The monoisotopic (exact) mass is 264 g/mol. The van der Waals surface area contributed by atoms with Crippen molar-refractivity contribution in [1.82, 2.24) is 9.80 Å². The van der Waals surface area contributed by atoms with E-state index in [9.17, 15) is 9.18 Å². The summed E-state index contributed by atoms with van der Waals surface area (Å²) < 4.78 is 13.2. The van der Waals surface area contributed by atoms with Crippen LogP contribution in [0.4, 0.5) is 4.39 Å². The van der Waals surface area contributed by atoms with Gasteiger partial charge in [-0.2, -0.15) is 0 Å². The molecule has 0 spiro atoms. The standard InChI is InChI=1S/C15H21FN2O/c1-17(2)15(19)13-6-4-8-18(11-13)10-12-5-3-7-14(16)9-12/h3,5,7,9,13H,4,6,8,10-11H2,1-2H3/t13-/m0/s1. The first kappa shape index (κ1) is 14.0. The van der Waals surface area contributed by atoms with E-state index in [4.69, 9.17) is 0 Å². The summed E-state index contributed by atoms with van der Waals surface area (Å²) in [7, 11) is 3.60. The van der Waals surface area contributed by atoms with Crippen LogP contribution >= 0.6 is 0 Å². The Hall–Kier alpha value is -1.42. The number of carbonyl (C=O) groups is 1. The molecule has 104 valence electrons. The van der Waals surface area contributed by atoms with Crippen LogP contribution in [-0.2, 0) is 11.3 Å². The predicted octanol–water partition coefficient (Wildman–Crippen LogP) is 2.13. The SMILES string of the molecule is CN(C)C(=O)[C@H]1CCCN(Cc2cccc(F)c2)C1. The number of nitrogens with zero attached hydrogens (tertiary/aromatic N) is 2. The van der Waals surface area contributed by atoms with Crippen molar-refractivity contribution in [2.45, 2.75) is 19.4 Å². The maximum atomic E-state index is 13.2. The number of benzene rings is 1. The van der Waals surface area contributed by atoms with Gasteiger partial charge >= 0.3 is 0 Å². The van der Waals surface area contributed by atoms with Crippen LogP contribution in [0.1, 0.15) is 18.4 Å². The number of piperidine rings is 1. The minimum Gasteiger partial charge on any atom is -0.349 e. The van der Waals surface area contributed by atoms with Crippen LogP contribution in [0, 0.1) is 11.7 Å². The van der Waals surface area contributed by atoms with E-state index >= 15 is 0 Å². The molecular formula is C15H21FN2O. The molecule has 0 aliphatic carbocycles. The number of halogens is 1. The molecule has 0 saturated carbocycles. The quantitative estimate of drug-likeness (QED) is 0.835. The fourth-order valence-corrected chi connectivity index (χ4v) is 2.66. The Morgan fingerprint density at radius 3 is 2.95 bits per heavy atom. The normalized spacial score (nSPS) is 20.3. The van der Waals surface area contributed by atoms with E-state index in [0.717, 1.165) is 38.0 Å². The van der Waals surface area contributed by atoms with Crippen LogP contribution in [0.15, 0.2) is 24.3 Å². The van der Waals surface area contributed by atoms with E-state index in [2.05, 4.69) is 4.90 Å². The van der Waals surface area contributed by atoms with Crippen molar-refractivity contribution in [2.75, 3.05) is 27.2 Å². The van der Waals surface area contributed by atoms with E-state index in [1.54, 1.807) is 31.1 Å². The smallest absolute Gasteiger partial charge is 0.226 e. The van der Waals surface area contributed by atoms with Gasteiger partial charge in [0.25, 0.3) is 0 Å². The highest BCUT2D eigenvalue weighted by atomic mass is 19.1. The molecule has 19 heavy (non-hydrogen) atoms. The summed E-state index contributed by atoms with van der Waals surface area (Å²) in [6, 6.07) is 6.69. The molecule has 3 nitrogen and oxygen atoms in total. The third-order valence-electron chi connectivity index (χ3n) is 3.59. The number of amides is 1. The third kappa shape index (κ3) is 3.77. The number of carbonyl (C=O) groups excluding carboxylic acids is 1. The van der Waals surface area contributed by atoms with Crippen LogP contribution in [0.5, 0.6) is 0 Å². The fraction of sp³-hybridized carbons (Fsp3) is 0.533. The van der Waals surface area contributed by atoms with Gasteiger partial charge < -0.3 is 4.90 Å². The average Bonchev–Trinajstić information content (AvgIpc) is 2.38. The van der Waals surface area contributed by atoms with Crippen molar-refractivity contribution in [3.63, 3.8) is 0 Å². The Labute approximate surface area is 114 Å². The molecule has 1 fully saturated rings. The van der Waals surface area contributed by atoms with Gasteiger partial charge in [0.1, 0.15) is 5.82 Å². The Morgan fingerprint density at radius 1 is 1.47 bits per heavy atom. The summed E-state index contributed by atoms with van der Waals surface area (Å²) in [6.45, 7) is 2.47. The number of likely N-dealkylation sites (tertiary alicyclic amines) is 1. The molecule has 1 aromatic rings. The maximum Gasteiger partial charge on any atom is 0.226 e. The van der Waals surface area contributed by atoms with Gasteiger partial charge in [0.15, 0.2) is 0 Å². The van der Waals surface area contributed by atoms with Crippen LogP contribution in [0.2, 0.25) is 0 Å². The van der Waals surface area contributed by atoms with Crippen molar-refractivity contribution >= 4 is 5.91 Å². The van der Waals surface area contributed by atoms with Gasteiger partial charge in [0.2, 0.25) is 5.91 Å². The summed E-state index contributed by atoms with van der Waals surface area (Å²) in [6.07, 6.45) is 1.98. The van der Waals surface area contributed by atoms with E-state index < -0.39 is 0 Å². The van der Waals surface area contributed by atoms with Gasteiger partial charge in [-0.05, 0) is 37.1 Å². The number of hydrogen-bond donors (Lipinski definition) is 0. The molecular weight excluding hydrogens is 243 g/mol. The lowest BCUT2D eigenvalue weighted by atomic mass is 9.96. The second kappa shape index (κ2) is 6.15. The van der Waals surface area contributed by atoms with E-state index in [1.807, 2.05) is 6.07 Å². The molecule has 1 amide bonds. The molecule has 0 radical (unpaired) electrons. The van der Waals surface area contributed by atoms with Crippen LogP contribution in [0.3, 0.4) is 0 Å². The number of hydrogen-bond acceptors (Lipinski definition) is 2. The zero-order valence-electron chi connectivity index (χ0n) is 11.6. The lowest BCUT2D eigenvalue weighted by Gasteiger charge is -2.33. The molecule has 1 aliphatic heterocycles. The fourth-order valence-electron chi connectivity index (χ4n) is 2.66. The molecule has 1 atom stereocenters. The highest BCUT2D eigenvalue weighted by molar-refractivity contribution is 5.78.